The average molecular weight is 371 g/mol. The third-order valence-electron chi connectivity index (χ3n) is 4.17. The second kappa shape index (κ2) is 7.79. The minimum Gasteiger partial charge on any atom is -0.449 e. The maximum Gasteiger partial charge on any atom is 0.340 e. The van der Waals surface area contributed by atoms with E-state index in [1.807, 2.05) is 0 Å². The lowest BCUT2D eigenvalue weighted by atomic mass is 9.83. The molecule has 25 heavy (non-hydrogen) atoms. The zero-order chi connectivity index (χ0) is 18.6. The van der Waals surface area contributed by atoms with E-state index in [0.717, 1.165) is 19.3 Å². The molecule has 1 N–H and O–H groups in total. The standard InChI is InChI=1S/C17H17ClF2N2O3/c1-10(15(23)22-17(9-21)5-3-2-4-6-17)25-16(24)11-7-13(19)14(20)8-12(11)18/h7-8,10H,2-6H2,1H3,(H,22,23)/t10-/m1/s1. The van der Waals surface area contributed by atoms with Gasteiger partial charge < -0.3 is 10.1 Å². The molecule has 1 amide bonds. The maximum absolute atomic E-state index is 13.3. The van der Waals surface area contributed by atoms with Gasteiger partial charge >= 0.3 is 5.97 Å². The number of ether oxygens (including phenoxy) is 1. The summed E-state index contributed by atoms with van der Waals surface area (Å²) in [5, 5.41) is 11.7. The lowest BCUT2D eigenvalue weighted by Gasteiger charge is -2.32. The predicted octanol–water partition coefficient (Wildman–Crippen LogP) is 3.51. The van der Waals surface area contributed by atoms with E-state index >= 15 is 0 Å². The van der Waals surface area contributed by atoms with Gasteiger partial charge in [0.15, 0.2) is 17.7 Å². The average Bonchev–Trinajstić information content (AvgIpc) is 2.58. The summed E-state index contributed by atoms with van der Waals surface area (Å²) in [5.74, 6) is -4.13. The van der Waals surface area contributed by atoms with Crippen LogP contribution in [0.4, 0.5) is 8.78 Å². The monoisotopic (exact) mass is 370 g/mol. The molecule has 2 rings (SSSR count). The van der Waals surface area contributed by atoms with Crippen LogP contribution in [0.3, 0.4) is 0 Å². The van der Waals surface area contributed by atoms with E-state index in [9.17, 15) is 23.6 Å². The van der Waals surface area contributed by atoms with Gasteiger partial charge in [0.2, 0.25) is 0 Å². The van der Waals surface area contributed by atoms with Crippen LogP contribution in [0, 0.1) is 23.0 Å². The molecule has 1 aromatic rings. The predicted molar refractivity (Wildman–Crippen MR) is 85.8 cm³/mol. The Bertz CT molecular complexity index is 727. The van der Waals surface area contributed by atoms with Crippen molar-refractivity contribution in [3.8, 4) is 6.07 Å². The van der Waals surface area contributed by atoms with Crippen LogP contribution in [-0.4, -0.2) is 23.5 Å². The summed E-state index contributed by atoms with van der Waals surface area (Å²) in [6.07, 6.45) is 2.50. The van der Waals surface area contributed by atoms with Crippen LogP contribution in [0.2, 0.25) is 5.02 Å². The molecule has 0 aliphatic heterocycles. The first kappa shape index (κ1) is 19.1. The lowest BCUT2D eigenvalue weighted by Crippen LogP contribution is -2.52. The number of halogens is 3. The van der Waals surface area contributed by atoms with E-state index in [1.54, 1.807) is 0 Å². The summed E-state index contributed by atoms with van der Waals surface area (Å²) < 4.78 is 31.3. The molecule has 5 nitrogen and oxygen atoms in total. The highest BCUT2D eigenvalue weighted by molar-refractivity contribution is 6.33. The Hall–Kier alpha value is -2.20. The second-order valence-corrected chi connectivity index (χ2v) is 6.44. The molecule has 0 bridgehead atoms. The number of rotatable bonds is 4. The quantitative estimate of drug-likeness (QED) is 0.649. The number of carbonyl (C=O) groups is 2. The number of amides is 1. The Kier molecular flexibility index (Phi) is 5.96. The van der Waals surface area contributed by atoms with Crippen molar-refractivity contribution < 1.29 is 23.1 Å². The van der Waals surface area contributed by atoms with E-state index in [0.29, 0.717) is 25.0 Å². The van der Waals surface area contributed by atoms with Crippen LogP contribution in [-0.2, 0) is 9.53 Å². The number of hydrogen-bond donors (Lipinski definition) is 1. The molecular formula is C17H17ClF2N2O3. The fraction of sp³-hybridized carbons (Fsp3) is 0.471. The highest BCUT2D eigenvalue weighted by Crippen LogP contribution is 2.28. The first-order valence-corrected chi connectivity index (χ1v) is 8.24. The number of benzene rings is 1. The van der Waals surface area contributed by atoms with E-state index in [-0.39, 0.29) is 10.6 Å². The van der Waals surface area contributed by atoms with Gasteiger partial charge in [-0.25, -0.2) is 13.6 Å². The summed E-state index contributed by atoms with van der Waals surface area (Å²) >= 11 is 5.71. The van der Waals surface area contributed by atoms with E-state index in [4.69, 9.17) is 16.3 Å². The zero-order valence-electron chi connectivity index (χ0n) is 13.6. The molecule has 1 atom stereocenters. The summed E-state index contributed by atoms with van der Waals surface area (Å²) in [7, 11) is 0. The van der Waals surface area contributed by atoms with Gasteiger partial charge in [-0.15, -0.1) is 0 Å². The topological polar surface area (TPSA) is 79.2 Å². The largest absolute Gasteiger partial charge is 0.449 e. The van der Waals surface area contributed by atoms with Crippen molar-refractivity contribution in [1.29, 1.82) is 5.26 Å². The first-order chi connectivity index (χ1) is 11.8. The number of esters is 1. The van der Waals surface area contributed by atoms with Gasteiger partial charge in [-0.3, -0.25) is 4.79 Å². The number of carbonyl (C=O) groups excluding carboxylic acids is 2. The van der Waals surface area contributed by atoms with Crippen molar-refractivity contribution in [2.24, 2.45) is 0 Å². The molecule has 1 aromatic carbocycles. The highest BCUT2D eigenvalue weighted by atomic mass is 35.5. The van der Waals surface area contributed by atoms with Crippen molar-refractivity contribution in [3.05, 3.63) is 34.4 Å². The van der Waals surface area contributed by atoms with Gasteiger partial charge in [0.05, 0.1) is 16.7 Å². The van der Waals surface area contributed by atoms with E-state index < -0.39 is 35.2 Å². The molecule has 1 saturated carbocycles. The second-order valence-electron chi connectivity index (χ2n) is 6.04. The molecule has 1 aliphatic carbocycles. The summed E-state index contributed by atoms with van der Waals surface area (Å²) in [5.41, 5.74) is -1.34. The molecule has 0 unspecified atom stereocenters. The molecule has 0 radical (unpaired) electrons. The fourth-order valence-electron chi connectivity index (χ4n) is 2.71. The van der Waals surface area contributed by atoms with Gasteiger partial charge in [0.1, 0.15) is 5.54 Å². The Morgan fingerprint density at radius 3 is 2.48 bits per heavy atom. The molecule has 0 spiro atoms. The SMILES string of the molecule is C[C@@H](OC(=O)c1cc(F)c(F)cc1Cl)C(=O)NC1(C#N)CCCCC1. The Labute approximate surface area is 148 Å². The number of nitriles is 1. The number of nitrogens with zero attached hydrogens (tertiary/aromatic N) is 1. The Morgan fingerprint density at radius 2 is 1.88 bits per heavy atom. The van der Waals surface area contributed by atoms with Crippen LogP contribution < -0.4 is 5.32 Å². The highest BCUT2D eigenvalue weighted by Gasteiger charge is 2.35. The molecule has 1 aliphatic rings. The minimum atomic E-state index is -1.25. The number of hydrogen-bond acceptors (Lipinski definition) is 4. The van der Waals surface area contributed by atoms with Crippen molar-refractivity contribution in [3.63, 3.8) is 0 Å². The van der Waals surface area contributed by atoms with Crippen LogP contribution in [0.15, 0.2) is 12.1 Å². The fourth-order valence-corrected chi connectivity index (χ4v) is 2.94. The molecule has 1 fully saturated rings. The minimum absolute atomic E-state index is 0.322. The van der Waals surface area contributed by atoms with Gasteiger partial charge in [0, 0.05) is 0 Å². The lowest BCUT2D eigenvalue weighted by molar-refractivity contribution is -0.130. The Morgan fingerprint density at radius 1 is 1.28 bits per heavy atom. The van der Waals surface area contributed by atoms with Crippen molar-refractivity contribution in [2.75, 3.05) is 0 Å². The molecule has 0 saturated heterocycles. The summed E-state index contributed by atoms with van der Waals surface area (Å²) in [6, 6.07) is 3.40. The molecule has 0 aromatic heterocycles. The van der Waals surface area contributed by atoms with Crippen LogP contribution >= 0.6 is 11.6 Å². The third kappa shape index (κ3) is 4.45. The number of nitrogens with one attached hydrogen (secondary N) is 1. The Balaban J connectivity index is 2.04. The normalized spacial score (nSPS) is 17.2. The van der Waals surface area contributed by atoms with Gasteiger partial charge in [-0.05, 0) is 31.9 Å². The van der Waals surface area contributed by atoms with Gasteiger partial charge in [-0.1, -0.05) is 30.9 Å². The van der Waals surface area contributed by atoms with Crippen LogP contribution in [0.25, 0.3) is 0 Å². The molecule has 0 heterocycles. The molecule has 134 valence electrons. The molecular weight excluding hydrogens is 354 g/mol. The van der Waals surface area contributed by atoms with Crippen molar-refractivity contribution >= 4 is 23.5 Å². The summed E-state index contributed by atoms with van der Waals surface area (Å²) in [4.78, 5) is 24.3. The van der Waals surface area contributed by atoms with E-state index in [2.05, 4.69) is 11.4 Å². The van der Waals surface area contributed by atoms with Crippen molar-refractivity contribution in [1.82, 2.24) is 5.32 Å². The molecule has 8 heteroatoms. The summed E-state index contributed by atoms with van der Waals surface area (Å²) in [6.45, 7) is 1.33. The third-order valence-corrected chi connectivity index (χ3v) is 4.48. The first-order valence-electron chi connectivity index (χ1n) is 7.87. The zero-order valence-corrected chi connectivity index (χ0v) is 14.3. The van der Waals surface area contributed by atoms with Gasteiger partial charge in [0.25, 0.3) is 5.91 Å². The smallest absolute Gasteiger partial charge is 0.340 e. The van der Waals surface area contributed by atoms with Crippen LogP contribution in [0.1, 0.15) is 49.4 Å². The maximum atomic E-state index is 13.3. The van der Waals surface area contributed by atoms with Gasteiger partial charge in [-0.2, -0.15) is 5.26 Å². The van der Waals surface area contributed by atoms with Crippen LogP contribution in [0.5, 0.6) is 0 Å². The van der Waals surface area contributed by atoms with E-state index in [1.165, 1.54) is 6.92 Å². The van der Waals surface area contributed by atoms with Crippen molar-refractivity contribution in [2.45, 2.75) is 50.7 Å².